The topological polar surface area (TPSA) is 69.8 Å². The summed E-state index contributed by atoms with van der Waals surface area (Å²) < 4.78 is 0. The third kappa shape index (κ3) is 5.57. The highest BCUT2D eigenvalue weighted by Crippen LogP contribution is 2.20. The predicted octanol–water partition coefficient (Wildman–Crippen LogP) is 2.29. The molecule has 23 heavy (non-hydrogen) atoms. The molecule has 0 spiro atoms. The summed E-state index contributed by atoms with van der Waals surface area (Å²) in [5.74, 6) is 0.726. The van der Waals surface area contributed by atoms with Crippen LogP contribution in [0.5, 0.6) is 0 Å². The zero-order valence-electron chi connectivity index (χ0n) is 14.0. The van der Waals surface area contributed by atoms with E-state index in [0.717, 1.165) is 38.6 Å². The first-order chi connectivity index (χ1) is 11.0. The summed E-state index contributed by atoms with van der Waals surface area (Å²) in [6, 6.07) is 6.28. The highest BCUT2D eigenvalue weighted by Gasteiger charge is 2.20. The van der Waals surface area contributed by atoms with E-state index in [-0.39, 0.29) is 5.69 Å². The van der Waals surface area contributed by atoms with Gasteiger partial charge >= 0.3 is 0 Å². The predicted molar refractivity (Wildman–Crippen MR) is 90.4 cm³/mol. The normalized spacial score (nSPS) is 18.3. The van der Waals surface area contributed by atoms with Crippen LogP contribution in [-0.2, 0) is 0 Å². The monoisotopic (exact) mass is 321 g/mol. The van der Waals surface area contributed by atoms with E-state index in [1.807, 2.05) is 0 Å². The van der Waals surface area contributed by atoms with Crippen LogP contribution in [0.4, 0.5) is 5.69 Å². The van der Waals surface area contributed by atoms with Gasteiger partial charge in [0.2, 0.25) is 0 Å². The van der Waals surface area contributed by atoms with Crippen molar-refractivity contribution in [2.45, 2.75) is 26.4 Å². The highest BCUT2D eigenvalue weighted by atomic mass is 16.6. The average Bonchev–Trinajstić information content (AvgIpc) is 2.54. The molecule has 1 fully saturated rings. The van der Waals surface area contributed by atoms with Crippen LogP contribution < -0.4 is 0 Å². The van der Waals surface area contributed by atoms with E-state index in [0.29, 0.717) is 12.1 Å². The van der Waals surface area contributed by atoms with E-state index in [4.69, 9.17) is 0 Å². The molecular weight excluding hydrogens is 294 g/mol. The fourth-order valence-electron chi connectivity index (χ4n) is 2.83. The molecule has 0 saturated carbocycles. The lowest BCUT2D eigenvalue weighted by molar-refractivity contribution is -0.385. The van der Waals surface area contributed by atoms with Crippen molar-refractivity contribution in [1.82, 2.24) is 9.80 Å². The third-order valence-electron chi connectivity index (χ3n) is 4.38. The quantitative estimate of drug-likeness (QED) is 0.616. The second-order valence-corrected chi connectivity index (χ2v) is 6.69. The van der Waals surface area contributed by atoms with Gasteiger partial charge in [0.05, 0.1) is 11.0 Å². The fourth-order valence-corrected chi connectivity index (χ4v) is 2.83. The van der Waals surface area contributed by atoms with Gasteiger partial charge in [-0.25, -0.2) is 0 Å². The molecule has 1 aromatic carbocycles. The number of aliphatic hydroxyl groups is 1. The molecule has 1 aliphatic rings. The largest absolute Gasteiger partial charge is 0.387 e. The van der Waals surface area contributed by atoms with Crippen LogP contribution in [-0.4, -0.2) is 59.1 Å². The maximum atomic E-state index is 10.8. The lowest BCUT2D eigenvalue weighted by Crippen LogP contribution is -2.47. The molecule has 1 unspecified atom stereocenters. The van der Waals surface area contributed by atoms with E-state index in [2.05, 4.69) is 23.6 Å². The number of non-ortho nitro benzene ring substituents is 1. The van der Waals surface area contributed by atoms with Gasteiger partial charge in [0, 0.05) is 44.9 Å². The minimum absolute atomic E-state index is 0.0278. The summed E-state index contributed by atoms with van der Waals surface area (Å²) in [5.41, 5.74) is 0.640. The molecule has 0 aromatic heterocycles. The number of rotatable bonds is 7. The molecule has 6 nitrogen and oxygen atoms in total. The molecule has 0 bridgehead atoms. The van der Waals surface area contributed by atoms with Crippen molar-refractivity contribution < 1.29 is 10.0 Å². The third-order valence-corrected chi connectivity index (χ3v) is 4.38. The Labute approximate surface area is 137 Å². The van der Waals surface area contributed by atoms with Crippen LogP contribution in [0.25, 0.3) is 0 Å². The molecule has 0 amide bonds. The van der Waals surface area contributed by atoms with E-state index >= 15 is 0 Å². The number of β-amino-alcohol motifs (C(OH)–C–C–N with tert-alkyl or cyclic N) is 1. The molecule has 1 aliphatic heterocycles. The summed E-state index contributed by atoms with van der Waals surface area (Å²) in [7, 11) is 0. The number of piperazine rings is 1. The van der Waals surface area contributed by atoms with Crippen molar-refractivity contribution in [3.05, 3.63) is 39.9 Å². The standard InChI is InChI=1S/C17H27N3O3/c1-14(2)6-7-18-8-10-19(11-9-18)13-17(21)15-4-3-5-16(12-15)20(22)23/h3-5,12,14,17,21H,6-11,13H2,1-2H3. The Bertz CT molecular complexity index is 514. The Kier molecular flexibility index (Phi) is 6.50. The zero-order valence-corrected chi connectivity index (χ0v) is 14.0. The second-order valence-electron chi connectivity index (χ2n) is 6.69. The molecule has 1 heterocycles. The van der Waals surface area contributed by atoms with Crippen molar-refractivity contribution >= 4 is 5.69 Å². The maximum Gasteiger partial charge on any atom is 0.269 e. The molecule has 1 saturated heterocycles. The van der Waals surface area contributed by atoms with Crippen molar-refractivity contribution in [1.29, 1.82) is 0 Å². The minimum Gasteiger partial charge on any atom is -0.387 e. The van der Waals surface area contributed by atoms with Crippen LogP contribution in [0, 0.1) is 16.0 Å². The lowest BCUT2D eigenvalue weighted by Gasteiger charge is -2.35. The Morgan fingerprint density at radius 1 is 1.22 bits per heavy atom. The zero-order chi connectivity index (χ0) is 16.8. The van der Waals surface area contributed by atoms with Crippen molar-refractivity contribution in [2.75, 3.05) is 39.3 Å². The highest BCUT2D eigenvalue weighted by molar-refractivity contribution is 5.35. The molecule has 1 aromatic rings. The van der Waals surface area contributed by atoms with Crippen molar-refractivity contribution in [3.8, 4) is 0 Å². The molecule has 1 atom stereocenters. The number of nitro benzene ring substituents is 1. The Balaban J connectivity index is 1.81. The summed E-state index contributed by atoms with van der Waals surface area (Å²) in [6.07, 6.45) is 0.535. The molecule has 1 N–H and O–H groups in total. The van der Waals surface area contributed by atoms with E-state index < -0.39 is 11.0 Å². The van der Waals surface area contributed by atoms with E-state index in [9.17, 15) is 15.2 Å². The lowest BCUT2D eigenvalue weighted by atomic mass is 10.1. The number of benzene rings is 1. The summed E-state index contributed by atoms with van der Waals surface area (Å²) >= 11 is 0. The number of hydrogen-bond acceptors (Lipinski definition) is 5. The molecule has 6 heteroatoms. The van der Waals surface area contributed by atoms with Gasteiger partial charge in [-0.3, -0.25) is 15.0 Å². The molecule has 128 valence electrons. The Morgan fingerprint density at radius 2 is 1.87 bits per heavy atom. The average molecular weight is 321 g/mol. The van der Waals surface area contributed by atoms with Crippen molar-refractivity contribution in [2.24, 2.45) is 5.92 Å². The van der Waals surface area contributed by atoms with E-state index in [1.54, 1.807) is 12.1 Å². The number of hydrogen-bond donors (Lipinski definition) is 1. The number of nitrogens with zero attached hydrogens (tertiary/aromatic N) is 3. The van der Waals surface area contributed by atoms with Gasteiger partial charge in [-0.05, 0) is 24.4 Å². The maximum absolute atomic E-state index is 10.8. The van der Waals surface area contributed by atoms with Gasteiger partial charge in [0.25, 0.3) is 5.69 Å². The van der Waals surface area contributed by atoms with Gasteiger partial charge in [0.1, 0.15) is 0 Å². The first kappa shape index (κ1) is 17.8. The number of aliphatic hydroxyl groups excluding tert-OH is 1. The van der Waals surface area contributed by atoms with Gasteiger partial charge in [0.15, 0.2) is 0 Å². The Hall–Kier alpha value is -1.50. The molecular formula is C17H27N3O3. The SMILES string of the molecule is CC(C)CCN1CCN(CC(O)c2cccc([N+](=O)[O-])c2)CC1. The molecule has 2 rings (SSSR count). The smallest absolute Gasteiger partial charge is 0.269 e. The van der Waals surface area contributed by atoms with Crippen LogP contribution >= 0.6 is 0 Å². The van der Waals surface area contributed by atoms with Crippen LogP contribution in [0.1, 0.15) is 31.9 Å². The van der Waals surface area contributed by atoms with Crippen LogP contribution in [0.15, 0.2) is 24.3 Å². The summed E-state index contributed by atoms with van der Waals surface area (Å²) in [6.45, 7) is 10.1. The number of nitro groups is 1. The first-order valence-electron chi connectivity index (χ1n) is 8.33. The van der Waals surface area contributed by atoms with E-state index in [1.165, 1.54) is 18.6 Å². The Morgan fingerprint density at radius 3 is 2.48 bits per heavy atom. The second kappa shape index (κ2) is 8.38. The molecule has 0 radical (unpaired) electrons. The minimum atomic E-state index is -0.683. The van der Waals surface area contributed by atoms with Crippen molar-refractivity contribution in [3.63, 3.8) is 0 Å². The van der Waals surface area contributed by atoms with Gasteiger partial charge in [-0.15, -0.1) is 0 Å². The molecule has 0 aliphatic carbocycles. The van der Waals surface area contributed by atoms with Gasteiger partial charge in [-0.1, -0.05) is 26.0 Å². The first-order valence-corrected chi connectivity index (χ1v) is 8.33. The van der Waals surface area contributed by atoms with Crippen LogP contribution in [0.2, 0.25) is 0 Å². The van der Waals surface area contributed by atoms with Gasteiger partial charge < -0.3 is 10.0 Å². The van der Waals surface area contributed by atoms with Crippen LogP contribution in [0.3, 0.4) is 0 Å². The summed E-state index contributed by atoms with van der Waals surface area (Å²) in [4.78, 5) is 15.1. The fraction of sp³-hybridized carbons (Fsp3) is 0.647. The van der Waals surface area contributed by atoms with Gasteiger partial charge in [-0.2, -0.15) is 0 Å². The summed E-state index contributed by atoms with van der Waals surface area (Å²) in [5, 5.41) is 21.2.